The van der Waals surface area contributed by atoms with E-state index in [4.69, 9.17) is 0 Å². The van der Waals surface area contributed by atoms with E-state index in [9.17, 15) is 65.9 Å². The van der Waals surface area contributed by atoms with E-state index in [2.05, 4.69) is 0 Å². The third-order valence-corrected chi connectivity index (χ3v) is 10.4. The van der Waals surface area contributed by atoms with E-state index in [-0.39, 0.29) is 0 Å². The summed E-state index contributed by atoms with van der Waals surface area (Å²) >= 11 is 0. The molecule has 0 saturated carbocycles. The summed E-state index contributed by atoms with van der Waals surface area (Å²) in [6.45, 7) is 0.473. The number of halogens is 15. The molecule has 0 N–H and O–H groups in total. The second-order valence-corrected chi connectivity index (χ2v) is 11.1. The van der Waals surface area contributed by atoms with E-state index in [1.807, 2.05) is 0 Å². The molecule has 3 aromatic rings. The molecule has 0 bridgehead atoms. The van der Waals surface area contributed by atoms with Gasteiger partial charge in [-0.25, -0.2) is 65.9 Å². The Morgan fingerprint density at radius 3 is 0.583 bits per heavy atom. The first-order valence-corrected chi connectivity index (χ1v) is 11.4. The van der Waals surface area contributed by atoms with Crippen LogP contribution in [0.25, 0.3) is 0 Å². The van der Waals surface area contributed by atoms with Crippen LogP contribution in [0.1, 0.15) is 6.92 Å². The molecular formula is C20H5F15Si. The lowest BCUT2D eigenvalue weighted by molar-refractivity contribution is 0.379. The molecular weight excluding hydrogens is 553 g/mol. The minimum absolute atomic E-state index is 0.473. The Bertz CT molecular complexity index is 1180. The molecule has 0 saturated heterocycles. The summed E-state index contributed by atoms with van der Waals surface area (Å²) in [5, 5.41) is -7.56. The smallest absolute Gasteiger partial charge is 0.200 e. The van der Waals surface area contributed by atoms with Gasteiger partial charge in [-0.3, -0.25) is 0 Å². The molecule has 0 aliphatic rings. The average molecular weight is 558 g/mol. The fraction of sp³-hybridized carbons (Fsp3) is 0.100. The maximum Gasteiger partial charge on any atom is 0.200 e. The second-order valence-electron chi connectivity index (χ2n) is 7.09. The summed E-state index contributed by atoms with van der Waals surface area (Å²) in [7, 11) is -6.61. The van der Waals surface area contributed by atoms with Crippen LogP contribution < -0.4 is 15.6 Å². The van der Waals surface area contributed by atoms with Crippen molar-refractivity contribution in [2.75, 3.05) is 0 Å². The van der Waals surface area contributed by atoms with Crippen LogP contribution in [-0.2, 0) is 0 Å². The van der Waals surface area contributed by atoms with Crippen LogP contribution in [0.2, 0.25) is 6.04 Å². The molecule has 0 fully saturated rings. The molecule has 0 amide bonds. The standard InChI is InChI=1S/C20H5F15Si/c1-2-36(18-12(30)6(24)3(21)7(25)13(18)31,19-14(32)8(26)4(22)9(27)15(19)33)20-16(34)10(28)5(23)11(29)17(20)35/h2H2,1H3. The van der Waals surface area contributed by atoms with E-state index in [1.54, 1.807) is 0 Å². The lowest BCUT2D eigenvalue weighted by atomic mass is 10.3. The minimum atomic E-state index is -6.61. The third-order valence-electron chi connectivity index (χ3n) is 5.44. The first-order chi connectivity index (χ1) is 16.6. The summed E-state index contributed by atoms with van der Waals surface area (Å²) in [5.74, 6) is -44.5. The van der Waals surface area contributed by atoms with Gasteiger partial charge in [0.25, 0.3) is 0 Å². The van der Waals surface area contributed by atoms with Crippen molar-refractivity contribution >= 4 is 23.6 Å². The molecule has 0 nitrogen and oxygen atoms in total. The Balaban J connectivity index is 2.84. The Hall–Kier alpha value is -3.17. The van der Waals surface area contributed by atoms with Gasteiger partial charge >= 0.3 is 0 Å². The second kappa shape index (κ2) is 9.04. The van der Waals surface area contributed by atoms with Crippen molar-refractivity contribution in [1.82, 2.24) is 0 Å². The topological polar surface area (TPSA) is 0 Å². The Morgan fingerprint density at radius 2 is 0.444 bits per heavy atom. The van der Waals surface area contributed by atoms with Gasteiger partial charge in [0.2, 0.25) is 17.5 Å². The van der Waals surface area contributed by atoms with Gasteiger partial charge in [0.1, 0.15) is 0 Å². The number of hydrogen-bond donors (Lipinski definition) is 0. The Kier molecular flexibility index (Phi) is 6.89. The van der Waals surface area contributed by atoms with Crippen molar-refractivity contribution in [2.45, 2.75) is 13.0 Å². The minimum Gasteiger partial charge on any atom is -0.204 e. The normalized spacial score (nSPS) is 12.0. The van der Waals surface area contributed by atoms with E-state index < -0.39 is 117 Å². The molecule has 0 aliphatic heterocycles. The summed E-state index contributed by atoms with van der Waals surface area (Å²) < 4.78 is 214. The van der Waals surface area contributed by atoms with E-state index in [1.165, 1.54) is 0 Å². The molecule has 194 valence electrons. The van der Waals surface area contributed by atoms with Gasteiger partial charge in [-0.1, -0.05) is 6.92 Å². The zero-order chi connectivity index (χ0) is 27.6. The molecule has 0 aromatic heterocycles. The van der Waals surface area contributed by atoms with Gasteiger partial charge in [0, 0.05) is 15.6 Å². The van der Waals surface area contributed by atoms with E-state index in [0.29, 0.717) is 6.92 Å². The van der Waals surface area contributed by atoms with E-state index >= 15 is 0 Å². The molecule has 3 rings (SSSR count). The van der Waals surface area contributed by atoms with Gasteiger partial charge < -0.3 is 0 Å². The molecule has 0 atom stereocenters. The molecule has 36 heavy (non-hydrogen) atoms. The molecule has 0 aliphatic carbocycles. The highest BCUT2D eigenvalue weighted by molar-refractivity contribution is 7.11. The summed E-state index contributed by atoms with van der Waals surface area (Å²) in [6.07, 6.45) is 0. The van der Waals surface area contributed by atoms with Crippen molar-refractivity contribution in [1.29, 1.82) is 0 Å². The largest absolute Gasteiger partial charge is 0.204 e. The van der Waals surface area contributed by atoms with Crippen molar-refractivity contribution in [3.05, 3.63) is 87.3 Å². The maximum absolute atomic E-state index is 14.8. The molecule has 0 spiro atoms. The third kappa shape index (κ3) is 3.40. The summed E-state index contributed by atoms with van der Waals surface area (Å²) in [4.78, 5) is 0. The van der Waals surface area contributed by atoms with Crippen molar-refractivity contribution in [3.8, 4) is 0 Å². The zero-order valence-electron chi connectivity index (χ0n) is 16.9. The number of hydrogen-bond acceptors (Lipinski definition) is 0. The predicted molar refractivity (Wildman–Crippen MR) is 93.8 cm³/mol. The van der Waals surface area contributed by atoms with Crippen LogP contribution >= 0.6 is 0 Å². The monoisotopic (exact) mass is 558 g/mol. The Morgan fingerprint density at radius 1 is 0.306 bits per heavy atom. The quantitative estimate of drug-likeness (QED) is 0.135. The van der Waals surface area contributed by atoms with Crippen LogP contribution in [0, 0.1) is 87.3 Å². The van der Waals surface area contributed by atoms with Gasteiger partial charge in [-0.2, -0.15) is 0 Å². The predicted octanol–water partition coefficient (Wildman–Crippen LogP) is 5.26. The molecule has 0 heterocycles. The van der Waals surface area contributed by atoms with Gasteiger partial charge in [-0.15, -0.1) is 0 Å². The SMILES string of the molecule is CC[Si](c1c(F)c(F)c(F)c(F)c1F)(c1c(F)c(F)c(F)c(F)c1F)c1c(F)c(F)c(F)c(F)c1F. The highest BCUT2D eigenvalue weighted by atomic mass is 28.3. The van der Waals surface area contributed by atoms with Gasteiger partial charge in [0.05, 0.1) is 0 Å². The van der Waals surface area contributed by atoms with Gasteiger partial charge in [0.15, 0.2) is 77.9 Å². The van der Waals surface area contributed by atoms with Crippen LogP contribution in [-0.4, -0.2) is 8.07 Å². The Labute approximate surface area is 190 Å². The summed E-state index contributed by atoms with van der Waals surface area (Å²) in [5.41, 5.74) is 0. The van der Waals surface area contributed by atoms with E-state index in [0.717, 1.165) is 0 Å². The van der Waals surface area contributed by atoms with Crippen LogP contribution in [0.3, 0.4) is 0 Å². The molecule has 0 unspecified atom stereocenters. The van der Waals surface area contributed by atoms with Crippen molar-refractivity contribution in [3.63, 3.8) is 0 Å². The lowest BCUT2D eigenvalue weighted by Gasteiger charge is -2.34. The highest BCUT2D eigenvalue weighted by Gasteiger charge is 2.54. The maximum atomic E-state index is 14.8. The molecule has 3 aromatic carbocycles. The van der Waals surface area contributed by atoms with Crippen LogP contribution in [0.4, 0.5) is 65.9 Å². The first-order valence-electron chi connectivity index (χ1n) is 9.15. The van der Waals surface area contributed by atoms with Gasteiger partial charge in [-0.05, 0) is 6.04 Å². The molecule has 0 radical (unpaired) electrons. The average Bonchev–Trinajstić information content (AvgIpc) is 2.85. The van der Waals surface area contributed by atoms with Crippen LogP contribution in [0.5, 0.6) is 0 Å². The lowest BCUT2D eigenvalue weighted by Crippen LogP contribution is -2.72. The molecule has 16 heteroatoms. The summed E-state index contributed by atoms with van der Waals surface area (Å²) in [6, 6.07) is -1.64. The first kappa shape index (κ1) is 27.4. The number of benzene rings is 3. The van der Waals surface area contributed by atoms with Crippen molar-refractivity contribution in [2.24, 2.45) is 0 Å². The van der Waals surface area contributed by atoms with Crippen LogP contribution in [0.15, 0.2) is 0 Å². The fourth-order valence-electron chi connectivity index (χ4n) is 3.84. The highest BCUT2D eigenvalue weighted by Crippen LogP contribution is 2.29. The van der Waals surface area contributed by atoms with Crippen molar-refractivity contribution < 1.29 is 65.9 Å². The fourth-order valence-corrected chi connectivity index (χ4v) is 8.56. The zero-order valence-corrected chi connectivity index (χ0v) is 17.9. The number of rotatable bonds is 4.